The van der Waals surface area contributed by atoms with E-state index < -0.39 is 0 Å². The van der Waals surface area contributed by atoms with Gasteiger partial charge < -0.3 is 15.6 Å². The van der Waals surface area contributed by atoms with Crippen molar-refractivity contribution in [3.05, 3.63) is 65.4 Å². The second kappa shape index (κ2) is 6.67. The van der Waals surface area contributed by atoms with Gasteiger partial charge in [-0.1, -0.05) is 30.3 Å². The number of para-hydroxylation sites is 1. The Morgan fingerprint density at radius 2 is 1.92 bits per heavy atom. The van der Waals surface area contributed by atoms with Crippen molar-refractivity contribution in [2.24, 2.45) is 5.92 Å². The lowest BCUT2D eigenvalue weighted by Gasteiger charge is -2.09. The first kappa shape index (κ1) is 16.4. The molecule has 5 heteroatoms. The maximum absolute atomic E-state index is 12.7. The summed E-state index contributed by atoms with van der Waals surface area (Å²) in [5.74, 6) is 0.149. The molecule has 26 heavy (non-hydrogen) atoms. The van der Waals surface area contributed by atoms with Crippen LogP contribution in [-0.2, 0) is 11.3 Å². The smallest absolute Gasteiger partial charge is 0.253 e. The van der Waals surface area contributed by atoms with E-state index in [1.165, 1.54) is 0 Å². The van der Waals surface area contributed by atoms with E-state index in [9.17, 15) is 9.59 Å². The number of carbonyl (C=O) groups excluding carboxylic acids is 2. The number of hydrogen-bond donors (Lipinski definition) is 3. The van der Waals surface area contributed by atoms with Gasteiger partial charge in [-0.15, -0.1) is 0 Å². The first-order chi connectivity index (χ1) is 12.6. The van der Waals surface area contributed by atoms with E-state index in [1.807, 2.05) is 55.5 Å². The quantitative estimate of drug-likeness (QED) is 0.657. The lowest BCUT2D eigenvalue weighted by molar-refractivity contribution is -0.117. The number of carbonyl (C=O) groups is 2. The van der Waals surface area contributed by atoms with Crippen molar-refractivity contribution in [1.82, 2.24) is 10.3 Å². The minimum atomic E-state index is -0.104. The molecule has 0 bridgehead atoms. The van der Waals surface area contributed by atoms with Crippen molar-refractivity contribution in [2.45, 2.75) is 26.3 Å². The fourth-order valence-electron chi connectivity index (χ4n) is 3.19. The van der Waals surface area contributed by atoms with Gasteiger partial charge in [-0.25, -0.2) is 0 Å². The Balaban J connectivity index is 1.45. The molecular weight excluding hydrogens is 326 g/mol. The average Bonchev–Trinajstić information content (AvgIpc) is 3.42. The van der Waals surface area contributed by atoms with E-state index in [1.54, 1.807) is 0 Å². The molecule has 1 saturated carbocycles. The van der Waals surface area contributed by atoms with E-state index >= 15 is 0 Å². The third kappa shape index (κ3) is 3.33. The number of aromatic amines is 1. The molecule has 2 amide bonds. The van der Waals surface area contributed by atoms with Crippen molar-refractivity contribution >= 4 is 28.4 Å². The molecule has 2 aromatic carbocycles. The van der Waals surface area contributed by atoms with E-state index in [0.29, 0.717) is 12.1 Å². The Bertz CT molecular complexity index is 986. The first-order valence-corrected chi connectivity index (χ1v) is 8.87. The molecule has 0 saturated heterocycles. The lowest BCUT2D eigenvalue weighted by atomic mass is 10.1. The number of benzene rings is 2. The van der Waals surface area contributed by atoms with Crippen LogP contribution >= 0.6 is 0 Å². The summed E-state index contributed by atoms with van der Waals surface area (Å²) in [6.45, 7) is 2.31. The van der Waals surface area contributed by atoms with Crippen LogP contribution < -0.4 is 10.6 Å². The van der Waals surface area contributed by atoms with Gasteiger partial charge in [-0.05, 0) is 43.5 Å². The van der Waals surface area contributed by atoms with Crippen LogP contribution in [0.25, 0.3) is 10.9 Å². The minimum Gasteiger partial charge on any atom is -0.358 e. The predicted molar refractivity (Wildman–Crippen MR) is 102 cm³/mol. The Labute approximate surface area is 151 Å². The number of nitrogens with one attached hydrogen (secondary N) is 3. The molecule has 3 N–H and O–H groups in total. The highest BCUT2D eigenvalue weighted by Gasteiger charge is 2.29. The molecule has 1 fully saturated rings. The summed E-state index contributed by atoms with van der Waals surface area (Å²) in [5, 5.41) is 6.84. The molecule has 0 unspecified atom stereocenters. The van der Waals surface area contributed by atoms with Crippen LogP contribution in [-0.4, -0.2) is 16.8 Å². The van der Waals surface area contributed by atoms with Crippen molar-refractivity contribution < 1.29 is 9.59 Å². The van der Waals surface area contributed by atoms with Crippen LogP contribution in [0, 0.1) is 12.8 Å². The molecule has 0 radical (unpaired) electrons. The van der Waals surface area contributed by atoms with Gasteiger partial charge in [0.15, 0.2) is 0 Å². The van der Waals surface area contributed by atoms with E-state index in [-0.39, 0.29) is 17.7 Å². The average molecular weight is 347 g/mol. The Hall–Kier alpha value is -3.08. The normalized spacial score (nSPS) is 13.6. The molecule has 0 atom stereocenters. The number of anilines is 1. The Morgan fingerprint density at radius 3 is 2.73 bits per heavy atom. The summed E-state index contributed by atoms with van der Waals surface area (Å²) >= 11 is 0. The molecule has 1 aliphatic rings. The van der Waals surface area contributed by atoms with Crippen molar-refractivity contribution in [1.29, 1.82) is 0 Å². The van der Waals surface area contributed by atoms with Gasteiger partial charge in [0.25, 0.3) is 5.91 Å². The van der Waals surface area contributed by atoms with Gasteiger partial charge in [0.1, 0.15) is 0 Å². The largest absolute Gasteiger partial charge is 0.358 e. The SMILES string of the molecule is Cc1[nH]c2ccccc2c1C(=O)NCc1cccc(NC(=O)C2CC2)c1. The number of amides is 2. The number of rotatable bonds is 5. The van der Waals surface area contributed by atoms with Crippen LogP contribution in [0.4, 0.5) is 5.69 Å². The highest BCUT2D eigenvalue weighted by atomic mass is 16.2. The molecule has 5 nitrogen and oxygen atoms in total. The molecule has 1 heterocycles. The lowest BCUT2D eigenvalue weighted by Crippen LogP contribution is -2.23. The van der Waals surface area contributed by atoms with Gasteiger partial charge >= 0.3 is 0 Å². The number of hydrogen-bond acceptors (Lipinski definition) is 2. The van der Waals surface area contributed by atoms with Crippen LogP contribution in [0.15, 0.2) is 48.5 Å². The Kier molecular flexibility index (Phi) is 4.21. The zero-order valence-corrected chi connectivity index (χ0v) is 14.6. The summed E-state index contributed by atoms with van der Waals surface area (Å²) < 4.78 is 0. The molecule has 1 aliphatic carbocycles. The van der Waals surface area contributed by atoms with Gasteiger partial charge in [0, 0.05) is 34.7 Å². The zero-order valence-electron chi connectivity index (χ0n) is 14.6. The minimum absolute atomic E-state index is 0.0839. The van der Waals surface area contributed by atoms with E-state index in [4.69, 9.17) is 0 Å². The summed E-state index contributed by atoms with van der Waals surface area (Å²) in [5.41, 5.74) is 4.22. The third-order valence-corrected chi connectivity index (χ3v) is 4.72. The van der Waals surface area contributed by atoms with Crippen LogP contribution in [0.3, 0.4) is 0 Å². The summed E-state index contributed by atoms with van der Waals surface area (Å²) in [7, 11) is 0. The van der Waals surface area contributed by atoms with Crippen molar-refractivity contribution in [3.63, 3.8) is 0 Å². The number of aromatic nitrogens is 1. The standard InChI is InChI=1S/C21H21N3O2/c1-13-19(17-7-2-3-8-18(17)23-13)21(26)22-12-14-5-4-6-16(11-14)24-20(25)15-9-10-15/h2-8,11,15,23H,9-10,12H2,1H3,(H,22,26)(H,24,25). The van der Waals surface area contributed by atoms with Gasteiger partial charge in [0.05, 0.1) is 5.56 Å². The van der Waals surface area contributed by atoms with Crippen molar-refractivity contribution in [3.8, 4) is 0 Å². The number of H-pyrrole nitrogens is 1. The van der Waals surface area contributed by atoms with Crippen molar-refractivity contribution in [2.75, 3.05) is 5.32 Å². The van der Waals surface area contributed by atoms with E-state index in [2.05, 4.69) is 15.6 Å². The molecule has 1 aromatic heterocycles. The highest BCUT2D eigenvalue weighted by Crippen LogP contribution is 2.30. The van der Waals surface area contributed by atoms with Gasteiger partial charge in [0.2, 0.25) is 5.91 Å². The second-order valence-electron chi connectivity index (χ2n) is 6.82. The summed E-state index contributed by atoms with van der Waals surface area (Å²) in [4.78, 5) is 27.8. The first-order valence-electron chi connectivity index (χ1n) is 8.87. The predicted octanol–water partition coefficient (Wildman–Crippen LogP) is 3.75. The van der Waals surface area contributed by atoms with Crippen LogP contribution in [0.1, 0.15) is 34.5 Å². The maximum Gasteiger partial charge on any atom is 0.253 e. The Morgan fingerprint density at radius 1 is 1.12 bits per heavy atom. The molecule has 0 aliphatic heterocycles. The molecule has 4 rings (SSSR count). The van der Waals surface area contributed by atoms with Crippen LogP contribution in [0.2, 0.25) is 0 Å². The zero-order chi connectivity index (χ0) is 18.1. The fourth-order valence-corrected chi connectivity index (χ4v) is 3.19. The number of fused-ring (bicyclic) bond motifs is 1. The summed E-state index contributed by atoms with van der Waals surface area (Å²) in [6.07, 6.45) is 1.96. The molecular formula is C21H21N3O2. The van der Waals surface area contributed by atoms with E-state index in [0.717, 1.165) is 40.7 Å². The second-order valence-corrected chi connectivity index (χ2v) is 6.82. The summed E-state index contributed by atoms with van der Waals surface area (Å²) in [6, 6.07) is 15.4. The third-order valence-electron chi connectivity index (χ3n) is 4.72. The monoisotopic (exact) mass is 347 g/mol. The van der Waals surface area contributed by atoms with Gasteiger partial charge in [-0.3, -0.25) is 9.59 Å². The maximum atomic E-state index is 12.7. The topological polar surface area (TPSA) is 74.0 Å². The molecule has 0 spiro atoms. The highest BCUT2D eigenvalue weighted by molar-refractivity contribution is 6.08. The van der Waals surface area contributed by atoms with Crippen LogP contribution in [0.5, 0.6) is 0 Å². The van der Waals surface area contributed by atoms with Gasteiger partial charge in [-0.2, -0.15) is 0 Å². The number of aryl methyl sites for hydroxylation is 1. The molecule has 3 aromatic rings. The molecule has 132 valence electrons. The fraction of sp³-hybridized carbons (Fsp3) is 0.238.